The fourth-order valence-electron chi connectivity index (χ4n) is 2.07. The van der Waals surface area contributed by atoms with Gasteiger partial charge in [0.2, 0.25) is 5.91 Å². The SMILES string of the molecule is O=C(C[C@H]1Oc2ccccc2NC1=O)NCc1ccco1. The Bertz CT molecular complexity index is 651. The average molecular weight is 286 g/mol. The normalized spacial score (nSPS) is 16.6. The summed E-state index contributed by atoms with van der Waals surface area (Å²) in [5.74, 6) is 0.636. The molecule has 0 unspecified atom stereocenters. The Labute approximate surface area is 121 Å². The maximum Gasteiger partial charge on any atom is 0.266 e. The topological polar surface area (TPSA) is 80.6 Å². The highest BCUT2D eigenvalue weighted by atomic mass is 16.5. The van der Waals surface area contributed by atoms with Crippen LogP contribution in [0, 0.1) is 0 Å². The molecule has 0 fully saturated rings. The van der Waals surface area contributed by atoms with E-state index in [2.05, 4.69) is 10.6 Å². The lowest BCUT2D eigenvalue weighted by atomic mass is 10.1. The predicted octanol–water partition coefficient (Wildman–Crippen LogP) is 1.69. The molecule has 0 bridgehead atoms. The molecule has 108 valence electrons. The molecular weight excluding hydrogens is 272 g/mol. The first kappa shape index (κ1) is 13.2. The predicted molar refractivity (Wildman–Crippen MR) is 74.7 cm³/mol. The van der Waals surface area contributed by atoms with Crippen LogP contribution in [0.1, 0.15) is 12.2 Å². The minimum Gasteiger partial charge on any atom is -0.478 e. The van der Waals surface area contributed by atoms with E-state index in [1.54, 1.807) is 30.3 Å². The summed E-state index contributed by atoms with van der Waals surface area (Å²) in [6.07, 6.45) is 0.674. The van der Waals surface area contributed by atoms with Crippen molar-refractivity contribution in [2.75, 3.05) is 5.32 Å². The Morgan fingerprint density at radius 1 is 1.24 bits per heavy atom. The third kappa shape index (κ3) is 3.05. The number of hydrogen-bond donors (Lipinski definition) is 2. The number of furan rings is 1. The van der Waals surface area contributed by atoms with Gasteiger partial charge in [0, 0.05) is 0 Å². The van der Waals surface area contributed by atoms with Crippen LogP contribution in [-0.2, 0) is 16.1 Å². The Kier molecular flexibility index (Phi) is 3.59. The second kappa shape index (κ2) is 5.70. The number of rotatable bonds is 4. The number of carbonyl (C=O) groups is 2. The van der Waals surface area contributed by atoms with Gasteiger partial charge in [0.15, 0.2) is 6.10 Å². The summed E-state index contributed by atoms with van der Waals surface area (Å²) >= 11 is 0. The van der Waals surface area contributed by atoms with Crippen molar-refractivity contribution in [3.8, 4) is 5.75 Å². The van der Waals surface area contributed by atoms with Gasteiger partial charge in [-0.15, -0.1) is 0 Å². The quantitative estimate of drug-likeness (QED) is 0.896. The number of benzene rings is 1. The van der Waals surface area contributed by atoms with Crippen LogP contribution < -0.4 is 15.4 Å². The smallest absolute Gasteiger partial charge is 0.266 e. The minimum absolute atomic E-state index is 0.0408. The Hall–Kier alpha value is -2.76. The molecule has 0 aliphatic carbocycles. The van der Waals surface area contributed by atoms with Gasteiger partial charge in [-0.25, -0.2) is 0 Å². The van der Waals surface area contributed by atoms with Gasteiger partial charge in [-0.1, -0.05) is 12.1 Å². The van der Waals surface area contributed by atoms with Crippen LogP contribution in [0.3, 0.4) is 0 Å². The molecule has 2 heterocycles. The number of carbonyl (C=O) groups excluding carboxylic acids is 2. The first-order chi connectivity index (χ1) is 10.2. The summed E-state index contributed by atoms with van der Waals surface area (Å²) in [5, 5.41) is 5.41. The molecular formula is C15H14N2O4. The van der Waals surface area contributed by atoms with Crippen LogP contribution in [0.2, 0.25) is 0 Å². The van der Waals surface area contributed by atoms with Crippen molar-refractivity contribution in [2.45, 2.75) is 19.1 Å². The number of fused-ring (bicyclic) bond motifs is 1. The van der Waals surface area contributed by atoms with Gasteiger partial charge >= 0.3 is 0 Å². The van der Waals surface area contributed by atoms with Crippen molar-refractivity contribution >= 4 is 17.5 Å². The zero-order valence-electron chi connectivity index (χ0n) is 11.2. The van der Waals surface area contributed by atoms with E-state index >= 15 is 0 Å². The molecule has 2 aromatic rings. The molecule has 3 rings (SSSR count). The van der Waals surface area contributed by atoms with Gasteiger partial charge in [0.1, 0.15) is 11.5 Å². The molecule has 1 aromatic carbocycles. The highest BCUT2D eigenvalue weighted by molar-refractivity contribution is 5.99. The molecule has 0 radical (unpaired) electrons. The van der Waals surface area contributed by atoms with Crippen LogP contribution in [0.5, 0.6) is 5.75 Å². The van der Waals surface area contributed by atoms with Crippen LogP contribution in [0.15, 0.2) is 47.1 Å². The van der Waals surface area contributed by atoms with Crippen molar-refractivity contribution in [1.82, 2.24) is 5.32 Å². The fraction of sp³-hybridized carbons (Fsp3) is 0.200. The lowest BCUT2D eigenvalue weighted by Crippen LogP contribution is -2.40. The van der Waals surface area contributed by atoms with Gasteiger partial charge in [-0.2, -0.15) is 0 Å². The maximum absolute atomic E-state index is 11.9. The first-order valence-corrected chi connectivity index (χ1v) is 6.58. The van der Waals surface area contributed by atoms with Crippen molar-refractivity contribution in [3.63, 3.8) is 0 Å². The lowest BCUT2D eigenvalue weighted by molar-refractivity contribution is -0.130. The highest BCUT2D eigenvalue weighted by Crippen LogP contribution is 2.29. The third-order valence-electron chi connectivity index (χ3n) is 3.12. The molecule has 1 atom stereocenters. The second-order valence-electron chi connectivity index (χ2n) is 4.65. The fourth-order valence-corrected chi connectivity index (χ4v) is 2.07. The molecule has 0 spiro atoms. The van der Waals surface area contributed by atoms with E-state index in [1.165, 1.54) is 6.26 Å². The largest absolute Gasteiger partial charge is 0.478 e. The van der Waals surface area contributed by atoms with Crippen LogP contribution in [0.25, 0.3) is 0 Å². The summed E-state index contributed by atoms with van der Waals surface area (Å²) in [5.41, 5.74) is 0.620. The van der Waals surface area contributed by atoms with Crippen molar-refractivity contribution < 1.29 is 18.7 Å². The van der Waals surface area contributed by atoms with Gasteiger partial charge in [-0.05, 0) is 24.3 Å². The van der Waals surface area contributed by atoms with Gasteiger partial charge < -0.3 is 19.8 Å². The van der Waals surface area contributed by atoms with Crippen molar-refractivity contribution in [3.05, 3.63) is 48.4 Å². The zero-order chi connectivity index (χ0) is 14.7. The molecule has 1 aliphatic rings. The molecule has 2 N–H and O–H groups in total. The number of hydrogen-bond acceptors (Lipinski definition) is 4. The molecule has 0 saturated heterocycles. The molecule has 21 heavy (non-hydrogen) atoms. The number of amides is 2. The highest BCUT2D eigenvalue weighted by Gasteiger charge is 2.29. The first-order valence-electron chi connectivity index (χ1n) is 6.58. The molecule has 2 amide bonds. The minimum atomic E-state index is -0.823. The number of ether oxygens (including phenoxy) is 1. The van der Waals surface area contributed by atoms with E-state index in [-0.39, 0.29) is 24.8 Å². The van der Waals surface area contributed by atoms with E-state index in [4.69, 9.17) is 9.15 Å². The summed E-state index contributed by atoms with van der Waals surface area (Å²) in [7, 11) is 0. The zero-order valence-corrected chi connectivity index (χ0v) is 11.2. The molecule has 6 nitrogen and oxygen atoms in total. The van der Waals surface area contributed by atoms with E-state index in [0.717, 1.165) is 0 Å². The summed E-state index contributed by atoms with van der Waals surface area (Å²) in [4.78, 5) is 23.7. The number of nitrogens with one attached hydrogen (secondary N) is 2. The monoisotopic (exact) mass is 286 g/mol. The van der Waals surface area contributed by atoms with Gasteiger partial charge in [0.25, 0.3) is 5.91 Å². The summed E-state index contributed by atoms with van der Waals surface area (Å²) in [6.45, 7) is 0.288. The van der Waals surface area contributed by atoms with Crippen LogP contribution >= 0.6 is 0 Å². The lowest BCUT2D eigenvalue weighted by Gasteiger charge is -2.25. The van der Waals surface area contributed by atoms with Crippen LogP contribution in [-0.4, -0.2) is 17.9 Å². The molecule has 1 aliphatic heterocycles. The maximum atomic E-state index is 11.9. The van der Waals surface area contributed by atoms with E-state index < -0.39 is 6.10 Å². The van der Waals surface area contributed by atoms with E-state index in [0.29, 0.717) is 17.2 Å². The van der Waals surface area contributed by atoms with Crippen LogP contribution in [0.4, 0.5) is 5.69 Å². The Balaban J connectivity index is 1.57. The standard InChI is InChI=1S/C15H14N2O4/c18-14(16-9-10-4-3-7-20-10)8-13-15(19)17-11-5-1-2-6-12(11)21-13/h1-7,13H,8-9H2,(H,16,18)(H,17,19)/t13-/m1/s1. The van der Waals surface area contributed by atoms with Crippen molar-refractivity contribution in [2.24, 2.45) is 0 Å². The number of para-hydroxylation sites is 2. The summed E-state index contributed by atoms with van der Waals surface area (Å²) < 4.78 is 10.7. The summed E-state index contributed by atoms with van der Waals surface area (Å²) in [6, 6.07) is 10.6. The van der Waals surface area contributed by atoms with E-state index in [1.807, 2.05) is 6.07 Å². The molecule has 6 heteroatoms. The van der Waals surface area contributed by atoms with E-state index in [9.17, 15) is 9.59 Å². The second-order valence-corrected chi connectivity index (χ2v) is 4.65. The Morgan fingerprint density at radius 3 is 2.90 bits per heavy atom. The molecule has 1 aromatic heterocycles. The van der Waals surface area contributed by atoms with Gasteiger partial charge in [-0.3, -0.25) is 9.59 Å². The third-order valence-corrected chi connectivity index (χ3v) is 3.12. The average Bonchev–Trinajstić information content (AvgIpc) is 2.99. The molecule has 0 saturated carbocycles. The number of anilines is 1. The van der Waals surface area contributed by atoms with Crippen molar-refractivity contribution in [1.29, 1.82) is 0 Å². The van der Waals surface area contributed by atoms with Gasteiger partial charge in [0.05, 0.1) is 24.9 Å². The Morgan fingerprint density at radius 2 is 2.10 bits per heavy atom.